The van der Waals surface area contributed by atoms with Crippen molar-refractivity contribution in [3.63, 3.8) is 0 Å². The smallest absolute Gasteiger partial charge is 0.347 e. The molecule has 1 aliphatic heterocycles. The van der Waals surface area contributed by atoms with Crippen LogP contribution in [0.4, 0.5) is 0 Å². The highest BCUT2D eigenvalue weighted by Gasteiger charge is 2.31. The minimum absolute atomic E-state index is 0.0512. The summed E-state index contributed by atoms with van der Waals surface area (Å²) in [5, 5.41) is 9.58. The number of benzene rings is 1. The molecule has 0 radical (unpaired) electrons. The first-order valence-corrected chi connectivity index (χ1v) is 5.25. The summed E-state index contributed by atoms with van der Waals surface area (Å²) in [5.41, 5.74) is 0.884. The zero-order chi connectivity index (χ0) is 12.4. The molecule has 1 N–H and O–H groups in total. The molecule has 1 aliphatic rings. The summed E-state index contributed by atoms with van der Waals surface area (Å²) < 4.78 is 9.63. The van der Waals surface area contributed by atoms with E-state index in [-0.39, 0.29) is 17.9 Å². The summed E-state index contributed by atoms with van der Waals surface area (Å²) in [6.45, 7) is 2.06. The van der Waals surface area contributed by atoms with Crippen LogP contribution < -0.4 is 0 Å². The van der Waals surface area contributed by atoms with Crippen molar-refractivity contribution in [1.82, 2.24) is 0 Å². The van der Waals surface area contributed by atoms with Gasteiger partial charge in [-0.15, -0.1) is 0 Å². The Bertz CT molecular complexity index is 466. The molecule has 1 fully saturated rings. The second-order valence-corrected chi connectivity index (χ2v) is 3.87. The second-order valence-electron chi connectivity index (χ2n) is 3.87. The lowest BCUT2D eigenvalue weighted by molar-refractivity contribution is -0.145. The first kappa shape index (κ1) is 11.4. The number of hydrogen-bond acceptors (Lipinski definition) is 5. The average molecular weight is 236 g/mol. The predicted octanol–water partition coefficient (Wildman–Crippen LogP) is 1.17. The van der Waals surface area contributed by atoms with Gasteiger partial charge in [-0.05, 0) is 24.6 Å². The Morgan fingerprint density at radius 1 is 1.53 bits per heavy atom. The highest BCUT2D eigenvalue weighted by atomic mass is 16.6. The van der Waals surface area contributed by atoms with Crippen molar-refractivity contribution in [1.29, 1.82) is 0 Å². The van der Waals surface area contributed by atoms with Crippen molar-refractivity contribution in [2.45, 2.75) is 19.4 Å². The Kier molecular flexibility index (Phi) is 2.99. The highest BCUT2D eigenvalue weighted by molar-refractivity contribution is 5.94. The van der Waals surface area contributed by atoms with Gasteiger partial charge >= 0.3 is 11.9 Å². The molecule has 1 aromatic rings. The lowest BCUT2D eigenvalue weighted by atomic mass is 10.1. The molecular formula is C12H12O5. The fourth-order valence-corrected chi connectivity index (χ4v) is 1.59. The van der Waals surface area contributed by atoms with Crippen LogP contribution in [0, 0.1) is 6.92 Å². The molecule has 17 heavy (non-hydrogen) atoms. The third-order valence-corrected chi connectivity index (χ3v) is 2.51. The van der Waals surface area contributed by atoms with Crippen LogP contribution in [0.3, 0.4) is 0 Å². The number of aryl methyl sites for hydroxylation is 1. The number of carbonyl (C=O) groups excluding carboxylic acids is 2. The number of hydrogen-bond donors (Lipinski definition) is 1. The van der Waals surface area contributed by atoms with Gasteiger partial charge in [0.05, 0.1) is 6.61 Å². The van der Waals surface area contributed by atoms with Crippen molar-refractivity contribution in [3.8, 4) is 5.75 Å². The Morgan fingerprint density at radius 2 is 2.29 bits per heavy atom. The van der Waals surface area contributed by atoms with Crippen LogP contribution in [0.15, 0.2) is 18.2 Å². The molecule has 90 valence electrons. The number of aromatic hydroxyl groups is 1. The van der Waals surface area contributed by atoms with Crippen LogP contribution in [0.5, 0.6) is 5.75 Å². The first-order chi connectivity index (χ1) is 8.08. The number of phenols is 1. The van der Waals surface area contributed by atoms with Gasteiger partial charge in [-0.1, -0.05) is 6.07 Å². The van der Waals surface area contributed by atoms with Crippen LogP contribution in [-0.2, 0) is 14.3 Å². The molecule has 5 nitrogen and oxygen atoms in total. The van der Waals surface area contributed by atoms with E-state index in [0.29, 0.717) is 6.42 Å². The molecule has 2 rings (SSSR count). The summed E-state index contributed by atoms with van der Waals surface area (Å²) >= 11 is 0. The lowest BCUT2D eigenvalue weighted by Crippen LogP contribution is -2.22. The van der Waals surface area contributed by atoms with Gasteiger partial charge in [0, 0.05) is 6.42 Å². The van der Waals surface area contributed by atoms with Gasteiger partial charge in [-0.3, -0.25) is 0 Å². The molecule has 0 saturated carbocycles. The molecule has 1 heterocycles. The standard InChI is InChI=1S/C12H12O5/c1-7-2-3-8(9(13)6-7)11(14)17-10-4-5-16-12(10)15/h2-3,6,10,13H,4-5H2,1H3/t10-/m0/s1. The van der Waals surface area contributed by atoms with E-state index in [1.165, 1.54) is 12.1 Å². The van der Waals surface area contributed by atoms with Gasteiger partial charge in [-0.2, -0.15) is 0 Å². The summed E-state index contributed by atoms with van der Waals surface area (Å²) in [6.07, 6.45) is -0.500. The van der Waals surface area contributed by atoms with E-state index in [1.807, 2.05) is 0 Å². The second kappa shape index (κ2) is 4.45. The molecule has 0 spiro atoms. The van der Waals surface area contributed by atoms with Crippen LogP contribution in [-0.4, -0.2) is 29.8 Å². The summed E-state index contributed by atoms with van der Waals surface area (Å²) in [6, 6.07) is 4.61. The molecule has 0 amide bonds. The van der Waals surface area contributed by atoms with E-state index < -0.39 is 18.0 Å². The number of cyclic esters (lactones) is 1. The van der Waals surface area contributed by atoms with Crippen molar-refractivity contribution in [3.05, 3.63) is 29.3 Å². The zero-order valence-corrected chi connectivity index (χ0v) is 9.30. The summed E-state index contributed by atoms with van der Waals surface area (Å²) in [7, 11) is 0. The monoisotopic (exact) mass is 236 g/mol. The minimum Gasteiger partial charge on any atom is -0.507 e. The molecule has 1 atom stereocenters. The summed E-state index contributed by atoms with van der Waals surface area (Å²) in [5.74, 6) is -1.40. The number of esters is 2. The van der Waals surface area contributed by atoms with E-state index in [4.69, 9.17) is 4.74 Å². The van der Waals surface area contributed by atoms with Crippen LogP contribution >= 0.6 is 0 Å². The van der Waals surface area contributed by atoms with Gasteiger partial charge in [0.1, 0.15) is 11.3 Å². The molecule has 0 bridgehead atoms. The van der Waals surface area contributed by atoms with Crippen molar-refractivity contribution in [2.24, 2.45) is 0 Å². The average Bonchev–Trinajstić information content (AvgIpc) is 2.64. The van der Waals surface area contributed by atoms with Crippen molar-refractivity contribution in [2.75, 3.05) is 6.61 Å². The Hall–Kier alpha value is -2.04. The van der Waals surface area contributed by atoms with E-state index in [2.05, 4.69) is 4.74 Å². The fourth-order valence-electron chi connectivity index (χ4n) is 1.59. The lowest BCUT2D eigenvalue weighted by Gasteiger charge is -2.09. The van der Waals surface area contributed by atoms with Crippen LogP contribution in [0.2, 0.25) is 0 Å². The van der Waals surface area contributed by atoms with Gasteiger partial charge in [0.25, 0.3) is 0 Å². The molecule has 5 heteroatoms. The Morgan fingerprint density at radius 3 is 2.88 bits per heavy atom. The molecule has 0 aliphatic carbocycles. The van der Waals surface area contributed by atoms with Gasteiger partial charge < -0.3 is 14.6 Å². The number of phenolic OH excluding ortho intramolecular Hbond substituents is 1. The number of rotatable bonds is 2. The molecule has 1 aromatic carbocycles. The number of carbonyl (C=O) groups is 2. The van der Waals surface area contributed by atoms with E-state index >= 15 is 0 Å². The fraction of sp³-hybridized carbons (Fsp3) is 0.333. The number of ether oxygens (including phenoxy) is 2. The summed E-state index contributed by atoms with van der Waals surface area (Å²) in [4.78, 5) is 22.8. The Balaban J connectivity index is 2.11. The van der Waals surface area contributed by atoms with Crippen LogP contribution in [0.25, 0.3) is 0 Å². The normalized spacial score (nSPS) is 18.9. The van der Waals surface area contributed by atoms with E-state index in [9.17, 15) is 14.7 Å². The van der Waals surface area contributed by atoms with E-state index in [0.717, 1.165) is 5.56 Å². The quantitative estimate of drug-likeness (QED) is 0.780. The van der Waals surface area contributed by atoms with Gasteiger partial charge in [-0.25, -0.2) is 9.59 Å². The molecule has 1 saturated heterocycles. The minimum atomic E-state index is -0.858. The maximum absolute atomic E-state index is 11.7. The van der Waals surface area contributed by atoms with Gasteiger partial charge in [0.2, 0.25) is 6.10 Å². The maximum atomic E-state index is 11.7. The topological polar surface area (TPSA) is 72.8 Å². The Labute approximate surface area is 98.0 Å². The zero-order valence-electron chi connectivity index (χ0n) is 9.30. The highest BCUT2D eigenvalue weighted by Crippen LogP contribution is 2.21. The van der Waals surface area contributed by atoms with E-state index in [1.54, 1.807) is 13.0 Å². The molecular weight excluding hydrogens is 224 g/mol. The predicted molar refractivity (Wildman–Crippen MR) is 57.6 cm³/mol. The van der Waals surface area contributed by atoms with Crippen molar-refractivity contribution < 1.29 is 24.2 Å². The third-order valence-electron chi connectivity index (χ3n) is 2.51. The molecule has 0 aromatic heterocycles. The van der Waals surface area contributed by atoms with Crippen molar-refractivity contribution >= 4 is 11.9 Å². The van der Waals surface area contributed by atoms with Gasteiger partial charge in [0.15, 0.2) is 0 Å². The third kappa shape index (κ3) is 2.38. The largest absolute Gasteiger partial charge is 0.507 e. The first-order valence-electron chi connectivity index (χ1n) is 5.25. The molecule has 0 unspecified atom stereocenters. The van der Waals surface area contributed by atoms with Crippen LogP contribution in [0.1, 0.15) is 22.3 Å². The SMILES string of the molecule is Cc1ccc(C(=O)O[C@H]2CCOC2=O)c(O)c1. The maximum Gasteiger partial charge on any atom is 0.347 e.